The second-order valence-corrected chi connectivity index (χ2v) is 7.32. The van der Waals surface area contributed by atoms with Gasteiger partial charge >= 0.3 is 5.97 Å². The monoisotopic (exact) mass is 366 g/mol. The molecule has 0 bridgehead atoms. The summed E-state index contributed by atoms with van der Waals surface area (Å²) in [5.74, 6) is -1.26. The maximum atomic E-state index is 12.8. The molecule has 27 heavy (non-hydrogen) atoms. The van der Waals surface area contributed by atoms with Gasteiger partial charge in [0.2, 0.25) is 5.91 Å². The van der Waals surface area contributed by atoms with Crippen molar-refractivity contribution in [2.24, 2.45) is 5.92 Å². The van der Waals surface area contributed by atoms with E-state index in [1.165, 1.54) is 4.90 Å². The van der Waals surface area contributed by atoms with Gasteiger partial charge in [-0.05, 0) is 42.5 Å². The van der Waals surface area contributed by atoms with Crippen molar-refractivity contribution < 1.29 is 19.5 Å². The Morgan fingerprint density at radius 2 is 2.22 bits per heavy atom. The molecular formula is C19H18N4O4. The molecule has 1 aromatic rings. The molecule has 2 amide bonds. The summed E-state index contributed by atoms with van der Waals surface area (Å²) in [7, 11) is 0. The van der Waals surface area contributed by atoms with Crippen LogP contribution in [0.5, 0.6) is 0 Å². The minimum atomic E-state index is -1.12. The smallest absolute Gasteiger partial charge is 0.352 e. The summed E-state index contributed by atoms with van der Waals surface area (Å²) in [4.78, 5) is 44.1. The number of nitrogens with zero attached hydrogens (tertiary/aromatic N) is 3. The Hall–Kier alpha value is -3.00. The summed E-state index contributed by atoms with van der Waals surface area (Å²) >= 11 is 0. The molecule has 138 valence electrons. The van der Waals surface area contributed by atoms with Crippen LogP contribution in [0.3, 0.4) is 0 Å². The summed E-state index contributed by atoms with van der Waals surface area (Å²) in [5, 5.41) is 12.9. The predicted molar refractivity (Wildman–Crippen MR) is 94.5 cm³/mol. The van der Waals surface area contributed by atoms with Gasteiger partial charge in [0.25, 0.3) is 5.91 Å². The minimum Gasteiger partial charge on any atom is -0.477 e. The molecule has 2 N–H and O–H groups in total. The van der Waals surface area contributed by atoms with Gasteiger partial charge < -0.3 is 15.3 Å². The molecule has 0 spiro atoms. The zero-order valence-electron chi connectivity index (χ0n) is 14.5. The Morgan fingerprint density at radius 1 is 1.37 bits per heavy atom. The molecular weight excluding hydrogens is 348 g/mol. The van der Waals surface area contributed by atoms with Gasteiger partial charge in [0.05, 0.1) is 17.9 Å². The topological polar surface area (TPSA) is 103 Å². The van der Waals surface area contributed by atoms with Crippen LogP contribution in [0.25, 0.3) is 0 Å². The van der Waals surface area contributed by atoms with Crippen LogP contribution in [0, 0.1) is 5.92 Å². The lowest BCUT2D eigenvalue weighted by atomic mass is 9.79. The number of amides is 2. The maximum absolute atomic E-state index is 12.8. The molecule has 8 nitrogen and oxygen atoms in total. The average molecular weight is 366 g/mol. The SMILES string of the molecule is O=C(O)C1=C(/C=C2\CCN(c3cccnc3)C2=O)C[C@@H]2CN[C@@H]3C(=O)N1[C@H]23. The van der Waals surface area contributed by atoms with Crippen LogP contribution in [0.4, 0.5) is 5.69 Å². The highest BCUT2D eigenvalue weighted by Gasteiger charge is 2.59. The molecule has 8 heteroatoms. The highest BCUT2D eigenvalue weighted by Crippen LogP contribution is 2.44. The van der Waals surface area contributed by atoms with Crippen molar-refractivity contribution in [1.82, 2.24) is 15.2 Å². The van der Waals surface area contributed by atoms with Gasteiger partial charge in [0, 0.05) is 24.9 Å². The van der Waals surface area contributed by atoms with E-state index in [0.717, 1.165) is 5.69 Å². The third-order valence-corrected chi connectivity index (χ3v) is 5.89. The molecule has 0 unspecified atom stereocenters. The lowest BCUT2D eigenvalue weighted by molar-refractivity contribution is -0.153. The van der Waals surface area contributed by atoms with Crippen LogP contribution >= 0.6 is 0 Å². The summed E-state index contributed by atoms with van der Waals surface area (Å²) in [5.41, 5.74) is 1.89. The quantitative estimate of drug-likeness (QED) is 0.589. The average Bonchev–Trinajstić information content (AvgIpc) is 3.23. The fraction of sp³-hybridized carbons (Fsp3) is 0.368. The largest absolute Gasteiger partial charge is 0.477 e. The van der Waals surface area contributed by atoms with Crippen molar-refractivity contribution in [2.75, 3.05) is 18.0 Å². The summed E-state index contributed by atoms with van der Waals surface area (Å²) < 4.78 is 0. The highest BCUT2D eigenvalue weighted by atomic mass is 16.4. The van der Waals surface area contributed by atoms with Gasteiger partial charge in [-0.25, -0.2) is 4.79 Å². The van der Waals surface area contributed by atoms with Crippen LogP contribution in [0.15, 0.2) is 47.4 Å². The van der Waals surface area contributed by atoms with Gasteiger partial charge in [0.15, 0.2) is 0 Å². The van der Waals surface area contributed by atoms with Crippen LogP contribution in [0.1, 0.15) is 12.8 Å². The number of carboxylic acid groups (broad SMARTS) is 1. The van der Waals surface area contributed by atoms with Crippen LogP contribution < -0.4 is 10.2 Å². The number of aromatic nitrogens is 1. The van der Waals surface area contributed by atoms with E-state index in [1.807, 2.05) is 6.07 Å². The van der Waals surface area contributed by atoms with Gasteiger partial charge in [-0.15, -0.1) is 0 Å². The molecule has 5 heterocycles. The molecule has 0 aromatic carbocycles. The fourth-order valence-electron chi connectivity index (χ4n) is 4.67. The molecule has 4 aliphatic heterocycles. The predicted octanol–water partition coefficient (Wildman–Crippen LogP) is 0.286. The highest BCUT2D eigenvalue weighted by molar-refractivity contribution is 6.08. The van der Waals surface area contributed by atoms with E-state index < -0.39 is 5.97 Å². The van der Waals surface area contributed by atoms with Crippen molar-refractivity contribution in [2.45, 2.75) is 24.9 Å². The summed E-state index contributed by atoms with van der Waals surface area (Å²) in [6, 6.07) is 3.27. The number of rotatable bonds is 3. The molecule has 4 aliphatic rings. The normalized spacial score (nSPS) is 30.8. The van der Waals surface area contributed by atoms with Crippen molar-refractivity contribution in [3.8, 4) is 0 Å². The van der Waals surface area contributed by atoms with E-state index in [0.29, 0.717) is 37.1 Å². The number of β-lactam (4-membered cyclic amide) rings is 1. The first-order chi connectivity index (χ1) is 13.1. The Kier molecular flexibility index (Phi) is 3.45. The van der Waals surface area contributed by atoms with Crippen LogP contribution in [-0.4, -0.2) is 57.9 Å². The van der Waals surface area contributed by atoms with Crippen LogP contribution in [-0.2, 0) is 14.4 Å². The van der Waals surface area contributed by atoms with E-state index in [2.05, 4.69) is 10.3 Å². The number of aliphatic carboxylic acids is 1. The van der Waals surface area contributed by atoms with E-state index in [1.54, 1.807) is 29.4 Å². The molecule has 5 rings (SSSR count). The van der Waals surface area contributed by atoms with Crippen molar-refractivity contribution in [1.29, 1.82) is 0 Å². The molecule has 3 atom stereocenters. The number of carboxylic acids is 1. The van der Waals surface area contributed by atoms with E-state index in [9.17, 15) is 19.5 Å². The van der Waals surface area contributed by atoms with Crippen molar-refractivity contribution in [3.63, 3.8) is 0 Å². The lowest BCUT2D eigenvalue weighted by Gasteiger charge is -2.48. The summed E-state index contributed by atoms with van der Waals surface area (Å²) in [6.45, 7) is 1.22. The second kappa shape index (κ2) is 5.75. The molecule has 0 aliphatic carbocycles. The van der Waals surface area contributed by atoms with Crippen molar-refractivity contribution >= 4 is 23.5 Å². The number of hydrogen-bond donors (Lipinski definition) is 2. The zero-order valence-corrected chi connectivity index (χ0v) is 14.5. The maximum Gasteiger partial charge on any atom is 0.352 e. The van der Waals surface area contributed by atoms with Gasteiger partial charge in [-0.3, -0.25) is 19.5 Å². The fourth-order valence-corrected chi connectivity index (χ4v) is 4.67. The number of allylic oxidation sites excluding steroid dienone is 2. The van der Waals surface area contributed by atoms with Crippen molar-refractivity contribution in [3.05, 3.63) is 47.4 Å². The number of hydrogen-bond acceptors (Lipinski definition) is 5. The first-order valence-electron chi connectivity index (χ1n) is 9.01. The number of pyridine rings is 1. The zero-order chi connectivity index (χ0) is 18.7. The van der Waals surface area contributed by atoms with Gasteiger partial charge in [-0.2, -0.15) is 0 Å². The second-order valence-electron chi connectivity index (χ2n) is 7.32. The molecule has 0 saturated carbocycles. The number of nitrogens with one attached hydrogen (secondary N) is 1. The first-order valence-corrected chi connectivity index (χ1v) is 9.01. The third kappa shape index (κ3) is 2.26. The molecule has 3 saturated heterocycles. The number of carbonyl (C=O) groups is 3. The van der Waals surface area contributed by atoms with Gasteiger partial charge in [-0.1, -0.05) is 0 Å². The number of carbonyl (C=O) groups excluding carboxylic acids is 2. The molecule has 0 radical (unpaired) electrons. The standard InChI is InChI=1S/C19H18N4O4/c24-17-10(3-5-22(17)13-2-1-4-20-9-13)6-11-7-12-8-21-14-15(12)23(18(14)25)16(11)19(26)27/h1-2,4,6,9,12,14-15,21H,3,5,7-8H2,(H,26,27)/b10-6+/t12-,14+,15-/m1/s1. The minimum absolute atomic E-state index is 0.0290. The van der Waals surface area contributed by atoms with Crippen LogP contribution in [0.2, 0.25) is 0 Å². The Balaban J connectivity index is 1.50. The number of anilines is 1. The Morgan fingerprint density at radius 3 is 2.96 bits per heavy atom. The van der Waals surface area contributed by atoms with Gasteiger partial charge in [0.1, 0.15) is 11.7 Å². The molecule has 3 fully saturated rings. The summed E-state index contributed by atoms with van der Waals surface area (Å²) in [6.07, 6.45) is 6.07. The third-order valence-electron chi connectivity index (χ3n) is 5.89. The lowest BCUT2D eigenvalue weighted by Crippen LogP contribution is -2.68. The Labute approximate surface area is 155 Å². The Bertz CT molecular complexity index is 923. The van der Waals surface area contributed by atoms with E-state index >= 15 is 0 Å². The van der Waals surface area contributed by atoms with E-state index in [-0.39, 0.29) is 35.5 Å². The first kappa shape index (κ1) is 16.2. The molecule has 1 aromatic heterocycles. The van der Waals surface area contributed by atoms with E-state index in [4.69, 9.17) is 0 Å².